The Bertz CT molecular complexity index is 1360. The first-order chi connectivity index (χ1) is 19.5. The molecule has 224 valence electrons. The van der Waals surface area contributed by atoms with Crippen LogP contribution in [0.15, 0.2) is 31.0 Å². The van der Waals surface area contributed by atoms with Gasteiger partial charge in [-0.1, -0.05) is 18.2 Å². The predicted octanol–water partition coefficient (Wildman–Crippen LogP) is 3.34. The van der Waals surface area contributed by atoms with Crippen molar-refractivity contribution in [3.05, 3.63) is 36.0 Å². The number of rotatable bonds is 10. The number of methoxy groups -OCH3 is 1. The minimum Gasteiger partial charge on any atom is -0.494 e. The number of carbonyl (C=O) groups is 1. The Morgan fingerprint density at radius 1 is 1.15 bits per heavy atom. The summed E-state index contributed by atoms with van der Waals surface area (Å²) in [4.78, 5) is 25.6. The number of hydrogen-bond acceptors (Lipinski definition) is 10. The zero-order valence-electron chi connectivity index (χ0n) is 23.9. The molecule has 2 fully saturated rings. The molecule has 0 saturated carbocycles. The van der Waals surface area contributed by atoms with E-state index < -0.39 is 10.0 Å². The molecule has 14 heteroatoms. The maximum atomic E-state index is 12.3. The number of carbonyl (C=O) groups excluding carboxylic acids is 1. The highest BCUT2D eigenvalue weighted by atomic mass is 35.5. The van der Waals surface area contributed by atoms with Gasteiger partial charge in [-0.2, -0.15) is 4.98 Å². The van der Waals surface area contributed by atoms with Gasteiger partial charge in [-0.15, -0.1) is 0 Å². The number of ether oxygens (including phenoxy) is 2. The highest BCUT2D eigenvalue weighted by Crippen LogP contribution is 2.39. The molecule has 0 unspecified atom stereocenters. The van der Waals surface area contributed by atoms with Crippen LogP contribution in [0.1, 0.15) is 25.7 Å². The number of nitrogens with zero attached hydrogens (tertiary/aromatic N) is 5. The molecule has 2 aromatic rings. The fourth-order valence-electron chi connectivity index (χ4n) is 5.06. The molecular weight excluding hydrogens is 570 g/mol. The summed E-state index contributed by atoms with van der Waals surface area (Å²) in [5.74, 6) is 0.629. The van der Waals surface area contributed by atoms with Gasteiger partial charge in [0.05, 0.1) is 36.6 Å². The van der Waals surface area contributed by atoms with E-state index in [0.717, 1.165) is 31.6 Å². The van der Waals surface area contributed by atoms with Gasteiger partial charge in [-0.05, 0) is 51.9 Å². The van der Waals surface area contributed by atoms with Gasteiger partial charge in [-0.25, -0.2) is 17.7 Å². The summed E-state index contributed by atoms with van der Waals surface area (Å²) in [5, 5.41) is 6.32. The molecule has 0 atom stereocenters. The topological polar surface area (TPSA) is 129 Å². The summed E-state index contributed by atoms with van der Waals surface area (Å²) in [5.41, 5.74) is 1.99. The van der Waals surface area contributed by atoms with Crippen molar-refractivity contribution in [2.24, 2.45) is 0 Å². The zero-order valence-corrected chi connectivity index (χ0v) is 25.5. The van der Waals surface area contributed by atoms with Gasteiger partial charge in [0, 0.05) is 38.3 Å². The smallest absolute Gasteiger partial charge is 0.247 e. The summed E-state index contributed by atoms with van der Waals surface area (Å²) in [6.45, 7) is 5.99. The maximum Gasteiger partial charge on any atom is 0.247 e. The largest absolute Gasteiger partial charge is 0.494 e. The average molecular weight is 608 g/mol. The fourth-order valence-corrected chi connectivity index (χ4v) is 6.07. The highest BCUT2D eigenvalue weighted by molar-refractivity contribution is 7.88. The molecule has 0 bridgehead atoms. The third-order valence-electron chi connectivity index (χ3n) is 7.40. The number of sulfonamides is 1. The van der Waals surface area contributed by atoms with E-state index in [1.165, 1.54) is 22.8 Å². The first kappa shape index (κ1) is 30.8. The Hall–Kier alpha value is -3.13. The van der Waals surface area contributed by atoms with E-state index in [-0.39, 0.29) is 28.9 Å². The minimum atomic E-state index is -3.24. The van der Waals surface area contributed by atoms with Gasteiger partial charge in [0.2, 0.25) is 27.8 Å². The van der Waals surface area contributed by atoms with Crippen molar-refractivity contribution in [3.63, 3.8) is 0 Å². The standard InChI is InChI=1S/C27H38ClN7O5S/c1-6-25(36)30-21-15-22(24(39-4)16-23(21)34-11-7-18(8-12-34)33(2)3)31-27-29-17-20(28)26(32-27)40-19-9-13-35(14-10-19)41(5,37)38/h6,15-19H,1,7-14H2,2-5H3,(H,30,36)(H,29,31,32). The van der Waals surface area contributed by atoms with Gasteiger partial charge in [0.15, 0.2) is 0 Å². The van der Waals surface area contributed by atoms with E-state index in [4.69, 9.17) is 21.1 Å². The number of nitrogens with one attached hydrogen (secondary N) is 2. The van der Waals surface area contributed by atoms with E-state index >= 15 is 0 Å². The molecule has 41 heavy (non-hydrogen) atoms. The van der Waals surface area contributed by atoms with Crippen LogP contribution in [-0.2, 0) is 14.8 Å². The highest BCUT2D eigenvalue weighted by Gasteiger charge is 2.27. The molecule has 1 aromatic carbocycles. The van der Waals surface area contributed by atoms with Crippen LogP contribution >= 0.6 is 11.6 Å². The van der Waals surface area contributed by atoms with Crippen molar-refractivity contribution in [1.29, 1.82) is 0 Å². The fraction of sp³-hybridized carbons (Fsp3) is 0.519. The minimum absolute atomic E-state index is 0.196. The molecule has 2 N–H and O–H groups in total. The number of anilines is 4. The Labute approximate surface area is 246 Å². The van der Waals surface area contributed by atoms with Gasteiger partial charge in [0.1, 0.15) is 16.9 Å². The van der Waals surface area contributed by atoms with Crippen LogP contribution in [0.5, 0.6) is 11.6 Å². The van der Waals surface area contributed by atoms with Gasteiger partial charge >= 0.3 is 0 Å². The third-order valence-corrected chi connectivity index (χ3v) is 8.97. The molecule has 2 saturated heterocycles. The second-order valence-corrected chi connectivity index (χ2v) is 12.8. The first-order valence-corrected chi connectivity index (χ1v) is 15.7. The third kappa shape index (κ3) is 7.79. The molecule has 3 heterocycles. The van der Waals surface area contributed by atoms with Crippen LogP contribution in [0.25, 0.3) is 0 Å². The summed E-state index contributed by atoms with van der Waals surface area (Å²) in [6, 6.07) is 4.18. The first-order valence-electron chi connectivity index (χ1n) is 13.5. The number of amides is 1. The van der Waals surface area contributed by atoms with E-state index in [1.807, 2.05) is 6.07 Å². The number of benzene rings is 1. The lowest BCUT2D eigenvalue weighted by Gasteiger charge is -2.37. The second-order valence-electron chi connectivity index (χ2n) is 10.4. The Balaban J connectivity index is 1.55. The quantitative estimate of drug-likeness (QED) is 0.388. The summed E-state index contributed by atoms with van der Waals surface area (Å²) < 4.78 is 36.8. The zero-order chi connectivity index (χ0) is 29.7. The monoisotopic (exact) mass is 607 g/mol. The van der Waals surface area contributed by atoms with Gasteiger partial charge in [0.25, 0.3) is 0 Å². The van der Waals surface area contributed by atoms with Crippen LogP contribution in [0.3, 0.4) is 0 Å². The SMILES string of the molecule is C=CC(=O)Nc1cc(Nc2ncc(Cl)c(OC3CCN(S(C)(=O)=O)CC3)n2)c(OC)cc1N1CCC(N(C)C)CC1. The van der Waals surface area contributed by atoms with E-state index in [9.17, 15) is 13.2 Å². The molecule has 1 amide bonds. The van der Waals surface area contributed by atoms with Crippen molar-refractivity contribution >= 4 is 50.5 Å². The lowest BCUT2D eigenvalue weighted by Crippen LogP contribution is -2.42. The van der Waals surface area contributed by atoms with Crippen molar-refractivity contribution < 1.29 is 22.7 Å². The maximum absolute atomic E-state index is 12.3. The molecule has 0 spiro atoms. The molecule has 4 rings (SSSR count). The van der Waals surface area contributed by atoms with Crippen LogP contribution < -0.4 is 25.0 Å². The molecule has 0 radical (unpaired) electrons. The molecule has 2 aliphatic heterocycles. The van der Waals surface area contributed by atoms with Crippen molar-refractivity contribution in [1.82, 2.24) is 19.2 Å². The van der Waals surface area contributed by atoms with Crippen molar-refractivity contribution in [2.45, 2.75) is 37.8 Å². The van der Waals surface area contributed by atoms with E-state index in [1.54, 1.807) is 13.2 Å². The molecular formula is C27H38ClN7O5S. The normalized spacial score (nSPS) is 17.4. The molecule has 12 nitrogen and oxygen atoms in total. The van der Waals surface area contributed by atoms with Crippen LogP contribution in [0, 0.1) is 0 Å². The number of aromatic nitrogens is 2. The van der Waals surface area contributed by atoms with Crippen molar-refractivity contribution in [2.75, 3.05) is 69.2 Å². The number of halogens is 1. The van der Waals surface area contributed by atoms with Gasteiger partial charge in [-0.3, -0.25) is 4.79 Å². The Morgan fingerprint density at radius 2 is 1.83 bits per heavy atom. The van der Waals surface area contributed by atoms with Crippen molar-refractivity contribution in [3.8, 4) is 11.6 Å². The van der Waals surface area contributed by atoms with Crippen LogP contribution in [-0.4, -0.2) is 99.3 Å². The van der Waals surface area contributed by atoms with Crippen LogP contribution in [0.4, 0.5) is 23.0 Å². The van der Waals surface area contributed by atoms with E-state index in [0.29, 0.717) is 49.1 Å². The lowest BCUT2D eigenvalue weighted by molar-refractivity contribution is -0.111. The summed E-state index contributed by atoms with van der Waals surface area (Å²) in [6.07, 6.45) is 6.67. The van der Waals surface area contributed by atoms with Crippen LogP contribution in [0.2, 0.25) is 5.02 Å². The molecule has 2 aliphatic rings. The second kappa shape index (κ2) is 13.2. The molecule has 0 aliphatic carbocycles. The lowest BCUT2D eigenvalue weighted by atomic mass is 10.0. The number of piperidine rings is 2. The average Bonchev–Trinajstić information content (AvgIpc) is 2.94. The number of hydrogen-bond donors (Lipinski definition) is 2. The summed E-state index contributed by atoms with van der Waals surface area (Å²) in [7, 11) is 2.52. The predicted molar refractivity (Wildman–Crippen MR) is 161 cm³/mol. The van der Waals surface area contributed by atoms with E-state index in [2.05, 4.69) is 51.1 Å². The van der Waals surface area contributed by atoms with Gasteiger partial charge < -0.3 is 29.9 Å². The Kier molecular flexibility index (Phi) is 9.95. The molecule has 1 aromatic heterocycles. The Morgan fingerprint density at radius 3 is 2.41 bits per heavy atom. The summed E-state index contributed by atoms with van der Waals surface area (Å²) >= 11 is 6.34.